The Morgan fingerprint density at radius 1 is 1.41 bits per heavy atom. The van der Waals surface area contributed by atoms with Crippen LogP contribution in [0, 0.1) is 13.8 Å². The normalized spacial score (nSPS) is 18.2. The summed E-state index contributed by atoms with van der Waals surface area (Å²) in [6.45, 7) is 5.86. The number of piperidine rings is 1. The van der Waals surface area contributed by atoms with Crippen molar-refractivity contribution in [1.29, 1.82) is 0 Å². The van der Waals surface area contributed by atoms with Gasteiger partial charge in [0.25, 0.3) is 5.91 Å². The van der Waals surface area contributed by atoms with Gasteiger partial charge in [0.05, 0.1) is 5.56 Å². The maximum Gasteiger partial charge on any atom is 0.253 e. The third-order valence-corrected chi connectivity index (χ3v) is 4.19. The number of nitrogens with zero attached hydrogens (tertiary/aromatic N) is 2. The predicted octanol–water partition coefficient (Wildman–Crippen LogP) is 1.97. The van der Waals surface area contributed by atoms with E-state index in [1.807, 2.05) is 42.7 Å². The van der Waals surface area contributed by atoms with Crippen LogP contribution in [0.25, 0.3) is 5.82 Å². The number of aryl methyl sites for hydroxylation is 1. The lowest BCUT2D eigenvalue weighted by Gasteiger charge is -2.23. The number of hydrogen-bond acceptors (Lipinski definition) is 3. The molecule has 0 bridgehead atoms. The quantitative estimate of drug-likeness (QED) is 0.911. The molecule has 3 rings (SSSR count). The molecule has 1 fully saturated rings. The second kappa shape index (κ2) is 6.32. The van der Waals surface area contributed by atoms with Crippen molar-refractivity contribution >= 4 is 5.91 Å². The zero-order valence-electron chi connectivity index (χ0n) is 13.1. The van der Waals surface area contributed by atoms with Gasteiger partial charge >= 0.3 is 0 Å². The zero-order valence-corrected chi connectivity index (χ0v) is 13.1. The fourth-order valence-electron chi connectivity index (χ4n) is 3.07. The zero-order chi connectivity index (χ0) is 15.5. The molecule has 3 heterocycles. The number of hydrogen-bond donors (Lipinski definition) is 2. The molecule has 2 aromatic heterocycles. The molecule has 0 aliphatic carbocycles. The van der Waals surface area contributed by atoms with E-state index in [2.05, 4.69) is 15.6 Å². The van der Waals surface area contributed by atoms with Gasteiger partial charge in [-0.3, -0.25) is 4.79 Å². The van der Waals surface area contributed by atoms with E-state index >= 15 is 0 Å². The van der Waals surface area contributed by atoms with Crippen LogP contribution in [0.2, 0.25) is 0 Å². The molecule has 0 spiro atoms. The van der Waals surface area contributed by atoms with E-state index in [0.29, 0.717) is 0 Å². The molecule has 2 N–H and O–H groups in total. The van der Waals surface area contributed by atoms with Gasteiger partial charge in [-0.05, 0) is 51.4 Å². The Morgan fingerprint density at radius 2 is 2.27 bits per heavy atom. The number of pyridine rings is 1. The molecule has 116 valence electrons. The standard InChI is InChI=1S/C17H22N4O/c1-12-10-15(17(22)20-14-6-5-8-18-11-14)13(2)21(12)16-7-3-4-9-19-16/h3-4,7,9-10,14,18H,5-6,8,11H2,1-2H3,(H,20,22)/t14-/m0/s1. The molecule has 5 nitrogen and oxygen atoms in total. The number of amides is 1. The minimum absolute atomic E-state index is 0.00369. The van der Waals surface area contributed by atoms with E-state index in [1.54, 1.807) is 6.20 Å². The highest BCUT2D eigenvalue weighted by Gasteiger charge is 2.20. The Labute approximate surface area is 130 Å². The van der Waals surface area contributed by atoms with Crippen LogP contribution < -0.4 is 10.6 Å². The van der Waals surface area contributed by atoms with E-state index in [0.717, 1.165) is 48.7 Å². The second-order valence-electron chi connectivity index (χ2n) is 5.82. The molecular weight excluding hydrogens is 276 g/mol. The lowest BCUT2D eigenvalue weighted by atomic mass is 10.1. The largest absolute Gasteiger partial charge is 0.348 e. The van der Waals surface area contributed by atoms with E-state index in [-0.39, 0.29) is 11.9 Å². The van der Waals surface area contributed by atoms with Crippen LogP contribution >= 0.6 is 0 Å². The van der Waals surface area contributed by atoms with E-state index in [4.69, 9.17) is 0 Å². The predicted molar refractivity (Wildman–Crippen MR) is 86.4 cm³/mol. The van der Waals surface area contributed by atoms with E-state index < -0.39 is 0 Å². The SMILES string of the molecule is Cc1cc(C(=O)N[C@H]2CCCNC2)c(C)n1-c1ccccn1. The van der Waals surface area contributed by atoms with Gasteiger partial charge < -0.3 is 15.2 Å². The topological polar surface area (TPSA) is 59.0 Å². The highest BCUT2D eigenvalue weighted by molar-refractivity contribution is 5.96. The van der Waals surface area contributed by atoms with Gasteiger partial charge in [-0.1, -0.05) is 6.07 Å². The van der Waals surface area contributed by atoms with Crippen molar-refractivity contribution in [3.63, 3.8) is 0 Å². The molecular formula is C17H22N4O. The molecule has 1 amide bonds. The summed E-state index contributed by atoms with van der Waals surface area (Å²) in [6, 6.07) is 7.96. The van der Waals surface area contributed by atoms with Crippen molar-refractivity contribution in [1.82, 2.24) is 20.2 Å². The number of aromatic nitrogens is 2. The van der Waals surface area contributed by atoms with Crippen LogP contribution in [0.1, 0.15) is 34.6 Å². The van der Waals surface area contributed by atoms with Gasteiger partial charge in [0, 0.05) is 30.2 Å². The van der Waals surface area contributed by atoms with Crippen molar-refractivity contribution < 1.29 is 4.79 Å². The van der Waals surface area contributed by atoms with E-state index in [1.165, 1.54) is 0 Å². The van der Waals surface area contributed by atoms with Crippen LogP contribution in [0.3, 0.4) is 0 Å². The first kappa shape index (κ1) is 14.8. The maximum atomic E-state index is 12.6. The molecule has 1 atom stereocenters. The lowest BCUT2D eigenvalue weighted by molar-refractivity contribution is 0.0930. The molecule has 0 radical (unpaired) electrons. The lowest BCUT2D eigenvalue weighted by Crippen LogP contribution is -2.45. The van der Waals surface area contributed by atoms with Gasteiger partial charge in [-0.15, -0.1) is 0 Å². The average molecular weight is 298 g/mol. The smallest absolute Gasteiger partial charge is 0.253 e. The molecule has 0 aromatic carbocycles. The number of carbonyl (C=O) groups excluding carboxylic acids is 1. The molecule has 0 saturated carbocycles. The van der Waals surface area contributed by atoms with Crippen molar-refractivity contribution in [3.8, 4) is 5.82 Å². The molecule has 1 saturated heterocycles. The summed E-state index contributed by atoms with van der Waals surface area (Å²) in [5.41, 5.74) is 2.68. The van der Waals surface area contributed by atoms with Crippen molar-refractivity contribution in [2.45, 2.75) is 32.7 Å². The number of rotatable bonds is 3. The first-order valence-electron chi connectivity index (χ1n) is 7.79. The molecule has 2 aromatic rings. The minimum Gasteiger partial charge on any atom is -0.348 e. The minimum atomic E-state index is 0.00369. The van der Waals surface area contributed by atoms with Crippen molar-refractivity contribution in [2.24, 2.45) is 0 Å². The van der Waals surface area contributed by atoms with Crippen molar-refractivity contribution in [3.05, 3.63) is 47.4 Å². The Balaban J connectivity index is 1.84. The summed E-state index contributed by atoms with van der Waals surface area (Å²) in [5.74, 6) is 0.847. The number of nitrogens with one attached hydrogen (secondary N) is 2. The Morgan fingerprint density at radius 3 is 2.95 bits per heavy atom. The summed E-state index contributed by atoms with van der Waals surface area (Å²) in [6.07, 6.45) is 3.91. The third-order valence-electron chi connectivity index (χ3n) is 4.19. The third kappa shape index (κ3) is 2.90. The monoisotopic (exact) mass is 298 g/mol. The summed E-state index contributed by atoms with van der Waals surface area (Å²) < 4.78 is 2.02. The van der Waals surface area contributed by atoms with Crippen LogP contribution in [0.4, 0.5) is 0 Å². The second-order valence-corrected chi connectivity index (χ2v) is 5.82. The molecule has 1 aliphatic rings. The maximum absolute atomic E-state index is 12.6. The summed E-state index contributed by atoms with van der Waals surface area (Å²) in [5, 5.41) is 6.45. The molecule has 5 heteroatoms. The summed E-state index contributed by atoms with van der Waals surface area (Å²) in [7, 11) is 0. The Hall–Kier alpha value is -2.14. The van der Waals surface area contributed by atoms with Gasteiger partial charge in [-0.25, -0.2) is 4.98 Å². The average Bonchev–Trinajstić information content (AvgIpc) is 2.84. The first-order valence-corrected chi connectivity index (χ1v) is 7.79. The molecule has 1 aliphatic heterocycles. The van der Waals surface area contributed by atoms with Crippen LogP contribution in [-0.4, -0.2) is 34.6 Å². The first-order chi connectivity index (χ1) is 10.7. The fourth-order valence-corrected chi connectivity index (χ4v) is 3.07. The van der Waals surface area contributed by atoms with Crippen LogP contribution in [-0.2, 0) is 0 Å². The van der Waals surface area contributed by atoms with Gasteiger partial charge in [0.2, 0.25) is 0 Å². The number of carbonyl (C=O) groups is 1. The Kier molecular flexibility index (Phi) is 4.24. The molecule has 0 unspecified atom stereocenters. The van der Waals surface area contributed by atoms with Crippen molar-refractivity contribution in [2.75, 3.05) is 13.1 Å². The van der Waals surface area contributed by atoms with Gasteiger partial charge in [0.15, 0.2) is 0 Å². The van der Waals surface area contributed by atoms with Gasteiger partial charge in [0.1, 0.15) is 5.82 Å². The fraction of sp³-hybridized carbons (Fsp3) is 0.412. The van der Waals surface area contributed by atoms with Gasteiger partial charge in [-0.2, -0.15) is 0 Å². The highest BCUT2D eigenvalue weighted by Crippen LogP contribution is 2.19. The molecule has 22 heavy (non-hydrogen) atoms. The Bertz CT molecular complexity index is 657. The summed E-state index contributed by atoms with van der Waals surface area (Å²) >= 11 is 0. The highest BCUT2D eigenvalue weighted by atomic mass is 16.1. The summed E-state index contributed by atoms with van der Waals surface area (Å²) in [4.78, 5) is 16.9. The van der Waals surface area contributed by atoms with Crippen LogP contribution in [0.15, 0.2) is 30.5 Å². The van der Waals surface area contributed by atoms with Crippen LogP contribution in [0.5, 0.6) is 0 Å². The van der Waals surface area contributed by atoms with E-state index in [9.17, 15) is 4.79 Å².